The summed E-state index contributed by atoms with van der Waals surface area (Å²) in [5.41, 5.74) is 6.33. The van der Waals surface area contributed by atoms with E-state index in [1.807, 2.05) is 6.33 Å². The van der Waals surface area contributed by atoms with Crippen molar-refractivity contribution in [3.05, 3.63) is 12.2 Å². The van der Waals surface area contributed by atoms with Crippen LogP contribution in [0.1, 0.15) is 58.2 Å². The Kier molecular flexibility index (Phi) is 3.82. The molecule has 1 aliphatic rings. The number of aromatic nitrogens is 3. The van der Waals surface area contributed by atoms with E-state index in [4.69, 9.17) is 5.73 Å². The Balaban J connectivity index is 2.21. The summed E-state index contributed by atoms with van der Waals surface area (Å²) in [5.74, 6) is 1.59. The third kappa shape index (κ3) is 2.86. The van der Waals surface area contributed by atoms with Gasteiger partial charge in [-0.2, -0.15) is 0 Å². The first kappa shape index (κ1) is 12.6. The molecule has 0 bridgehead atoms. The fourth-order valence-corrected chi connectivity index (χ4v) is 2.75. The van der Waals surface area contributed by atoms with Crippen LogP contribution in [0.15, 0.2) is 6.33 Å². The molecule has 2 rings (SSSR count). The van der Waals surface area contributed by atoms with E-state index < -0.39 is 0 Å². The summed E-state index contributed by atoms with van der Waals surface area (Å²) in [4.78, 5) is 0. The molecule has 17 heavy (non-hydrogen) atoms. The zero-order valence-electron chi connectivity index (χ0n) is 11.0. The molecule has 1 aliphatic carbocycles. The Bertz CT molecular complexity index is 348. The minimum absolute atomic E-state index is 0.248. The molecule has 96 valence electrons. The minimum Gasteiger partial charge on any atom is -0.319 e. The summed E-state index contributed by atoms with van der Waals surface area (Å²) in [6, 6.07) is 0. The Morgan fingerprint density at radius 1 is 1.29 bits per heavy atom. The summed E-state index contributed by atoms with van der Waals surface area (Å²) in [5, 5.41) is 8.35. The number of nitrogens with zero attached hydrogens (tertiary/aromatic N) is 3. The van der Waals surface area contributed by atoms with E-state index in [1.165, 1.54) is 25.7 Å². The van der Waals surface area contributed by atoms with E-state index in [1.54, 1.807) is 0 Å². The first-order valence-electron chi connectivity index (χ1n) is 6.79. The Morgan fingerprint density at radius 2 is 1.94 bits per heavy atom. The summed E-state index contributed by atoms with van der Waals surface area (Å²) >= 11 is 0. The van der Waals surface area contributed by atoms with E-state index in [0.717, 1.165) is 25.2 Å². The van der Waals surface area contributed by atoms with E-state index in [2.05, 4.69) is 28.6 Å². The molecule has 1 saturated carbocycles. The molecular formula is C13H24N4. The number of hydrogen-bond donors (Lipinski definition) is 1. The highest BCUT2D eigenvalue weighted by molar-refractivity contribution is 5.06. The molecular weight excluding hydrogens is 212 g/mol. The zero-order valence-corrected chi connectivity index (χ0v) is 11.0. The van der Waals surface area contributed by atoms with Gasteiger partial charge in [-0.3, -0.25) is 0 Å². The predicted molar refractivity (Wildman–Crippen MR) is 68.4 cm³/mol. The lowest BCUT2D eigenvalue weighted by atomic mass is 9.90. The molecule has 0 radical (unpaired) electrons. The first-order chi connectivity index (χ1) is 8.12. The zero-order chi connectivity index (χ0) is 12.3. The maximum absolute atomic E-state index is 6.58. The van der Waals surface area contributed by atoms with Gasteiger partial charge in [0.15, 0.2) is 5.82 Å². The van der Waals surface area contributed by atoms with Gasteiger partial charge in [0, 0.05) is 6.54 Å². The normalized spacial score (nSPS) is 20.5. The highest BCUT2D eigenvalue weighted by Crippen LogP contribution is 2.32. The molecule has 1 fully saturated rings. The summed E-state index contributed by atoms with van der Waals surface area (Å²) in [6.07, 6.45) is 8.95. The highest BCUT2D eigenvalue weighted by atomic mass is 15.3. The molecule has 0 amide bonds. The molecule has 0 aliphatic heterocycles. The van der Waals surface area contributed by atoms with E-state index in [0.29, 0.717) is 5.92 Å². The molecule has 0 saturated heterocycles. The molecule has 1 aromatic heterocycles. The number of hydrogen-bond acceptors (Lipinski definition) is 3. The minimum atomic E-state index is -0.248. The second-order valence-electron chi connectivity index (χ2n) is 5.77. The molecule has 0 unspecified atom stereocenters. The second-order valence-corrected chi connectivity index (χ2v) is 5.77. The van der Waals surface area contributed by atoms with Crippen molar-refractivity contribution < 1.29 is 0 Å². The van der Waals surface area contributed by atoms with Crippen LogP contribution in [-0.2, 0) is 12.1 Å². The summed E-state index contributed by atoms with van der Waals surface area (Å²) in [7, 11) is 0. The molecule has 1 heterocycles. The Hall–Kier alpha value is -0.900. The Labute approximate surface area is 104 Å². The van der Waals surface area contributed by atoms with Gasteiger partial charge >= 0.3 is 0 Å². The molecule has 2 N–H and O–H groups in total. The lowest BCUT2D eigenvalue weighted by Crippen LogP contribution is -2.39. The SMILES string of the molecule is CC(C)Cn1cnnc1C1(N)CCCCCC1. The van der Waals surface area contributed by atoms with Gasteiger partial charge in [0.2, 0.25) is 0 Å². The van der Waals surface area contributed by atoms with Gasteiger partial charge in [-0.15, -0.1) is 10.2 Å². The van der Waals surface area contributed by atoms with E-state index in [9.17, 15) is 0 Å². The fraction of sp³-hybridized carbons (Fsp3) is 0.846. The van der Waals surface area contributed by atoms with E-state index in [-0.39, 0.29) is 5.54 Å². The van der Waals surface area contributed by atoms with Crippen LogP contribution in [0.4, 0.5) is 0 Å². The maximum Gasteiger partial charge on any atom is 0.152 e. The van der Waals surface area contributed by atoms with Gasteiger partial charge in [0.25, 0.3) is 0 Å². The van der Waals surface area contributed by atoms with Crippen molar-refractivity contribution in [2.75, 3.05) is 0 Å². The van der Waals surface area contributed by atoms with Gasteiger partial charge in [0.1, 0.15) is 6.33 Å². The van der Waals surface area contributed by atoms with Crippen LogP contribution in [0.25, 0.3) is 0 Å². The first-order valence-corrected chi connectivity index (χ1v) is 6.79. The largest absolute Gasteiger partial charge is 0.319 e. The van der Waals surface area contributed by atoms with Gasteiger partial charge in [-0.1, -0.05) is 39.5 Å². The quantitative estimate of drug-likeness (QED) is 0.820. The van der Waals surface area contributed by atoms with Crippen molar-refractivity contribution in [1.82, 2.24) is 14.8 Å². The molecule has 1 aromatic rings. The van der Waals surface area contributed by atoms with Crippen molar-refractivity contribution in [2.45, 2.75) is 64.5 Å². The maximum atomic E-state index is 6.58. The van der Waals surface area contributed by atoms with Crippen LogP contribution < -0.4 is 5.73 Å². The standard InChI is InChI=1S/C13H24N4/c1-11(2)9-17-10-15-16-12(17)13(14)7-5-3-4-6-8-13/h10-11H,3-9,14H2,1-2H3. The van der Waals surface area contributed by atoms with Crippen molar-refractivity contribution >= 4 is 0 Å². The average molecular weight is 236 g/mol. The van der Waals surface area contributed by atoms with Crippen LogP contribution >= 0.6 is 0 Å². The average Bonchev–Trinajstić information content (AvgIpc) is 2.60. The van der Waals surface area contributed by atoms with E-state index >= 15 is 0 Å². The molecule has 0 atom stereocenters. The summed E-state index contributed by atoms with van der Waals surface area (Å²) < 4.78 is 2.15. The van der Waals surface area contributed by atoms with Crippen molar-refractivity contribution in [3.63, 3.8) is 0 Å². The number of rotatable bonds is 3. The van der Waals surface area contributed by atoms with Crippen molar-refractivity contribution in [2.24, 2.45) is 11.7 Å². The lowest BCUT2D eigenvalue weighted by Gasteiger charge is -2.27. The molecule has 4 nitrogen and oxygen atoms in total. The predicted octanol–water partition coefficient (Wildman–Crippen LogP) is 2.44. The van der Waals surface area contributed by atoms with Gasteiger partial charge in [-0.25, -0.2) is 0 Å². The monoisotopic (exact) mass is 236 g/mol. The number of nitrogens with two attached hydrogens (primary N) is 1. The topological polar surface area (TPSA) is 56.7 Å². The lowest BCUT2D eigenvalue weighted by molar-refractivity contribution is 0.337. The molecule has 0 spiro atoms. The third-order valence-electron chi connectivity index (χ3n) is 3.62. The van der Waals surface area contributed by atoms with Gasteiger partial charge in [0.05, 0.1) is 5.54 Å². The van der Waals surface area contributed by atoms with Gasteiger partial charge < -0.3 is 10.3 Å². The van der Waals surface area contributed by atoms with Crippen molar-refractivity contribution in [3.8, 4) is 0 Å². The Morgan fingerprint density at radius 3 is 2.53 bits per heavy atom. The van der Waals surface area contributed by atoms with Crippen LogP contribution in [0.2, 0.25) is 0 Å². The molecule has 4 heteroatoms. The van der Waals surface area contributed by atoms with Crippen molar-refractivity contribution in [1.29, 1.82) is 0 Å². The van der Waals surface area contributed by atoms with Gasteiger partial charge in [-0.05, 0) is 18.8 Å². The fourth-order valence-electron chi connectivity index (χ4n) is 2.75. The van der Waals surface area contributed by atoms with Crippen LogP contribution in [0.5, 0.6) is 0 Å². The second kappa shape index (κ2) is 5.17. The summed E-state index contributed by atoms with van der Waals surface area (Å²) in [6.45, 7) is 5.38. The smallest absolute Gasteiger partial charge is 0.152 e. The third-order valence-corrected chi connectivity index (χ3v) is 3.62. The highest BCUT2D eigenvalue weighted by Gasteiger charge is 2.33. The van der Waals surface area contributed by atoms with Crippen LogP contribution in [0.3, 0.4) is 0 Å². The molecule has 0 aromatic carbocycles. The van der Waals surface area contributed by atoms with Crippen LogP contribution in [0, 0.1) is 5.92 Å². The van der Waals surface area contributed by atoms with Crippen LogP contribution in [-0.4, -0.2) is 14.8 Å².